The molecular formula is C24H25ClN2O5S. The zero-order valence-electron chi connectivity index (χ0n) is 18.5. The van der Waals surface area contributed by atoms with E-state index in [1.165, 1.54) is 25.3 Å². The van der Waals surface area contributed by atoms with Crippen molar-refractivity contribution in [1.82, 2.24) is 4.72 Å². The molecule has 174 valence electrons. The fraction of sp³-hybridized carbons (Fsp3) is 0.208. The lowest BCUT2D eigenvalue weighted by Crippen LogP contribution is -2.27. The van der Waals surface area contributed by atoms with Crippen LogP contribution in [-0.4, -0.2) is 28.0 Å². The van der Waals surface area contributed by atoms with Gasteiger partial charge in [0, 0.05) is 6.04 Å². The van der Waals surface area contributed by atoms with Gasteiger partial charge in [0.25, 0.3) is 5.91 Å². The Morgan fingerprint density at radius 1 is 1.03 bits per heavy atom. The topological polar surface area (TPSA) is 93.7 Å². The molecule has 0 bridgehead atoms. The first-order valence-corrected chi connectivity index (χ1v) is 12.0. The largest absolute Gasteiger partial charge is 0.495 e. The van der Waals surface area contributed by atoms with Gasteiger partial charge in [0.1, 0.15) is 11.5 Å². The molecule has 7 nitrogen and oxygen atoms in total. The minimum Gasteiger partial charge on any atom is -0.495 e. The molecule has 1 amide bonds. The minimum absolute atomic E-state index is 0.00317. The molecule has 0 saturated heterocycles. The number of nitrogens with one attached hydrogen (secondary N) is 2. The summed E-state index contributed by atoms with van der Waals surface area (Å²) < 4.78 is 38.9. The lowest BCUT2D eigenvalue weighted by Gasteiger charge is -2.15. The Labute approximate surface area is 198 Å². The number of halogens is 1. The van der Waals surface area contributed by atoms with Crippen molar-refractivity contribution in [2.75, 3.05) is 19.0 Å². The molecule has 33 heavy (non-hydrogen) atoms. The van der Waals surface area contributed by atoms with E-state index in [0.717, 1.165) is 11.1 Å². The summed E-state index contributed by atoms with van der Waals surface area (Å²) in [6.07, 6.45) is 0. The van der Waals surface area contributed by atoms with E-state index in [0.29, 0.717) is 11.4 Å². The maximum Gasteiger partial charge on any atom is 0.262 e. The molecule has 0 aliphatic carbocycles. The zero-order chi connectivity index (χ0) is 24.0. The first-order chi connectivity index (χ1) is 15.7. The fourth-order valence-corrected chi connectivity index (χ4v) is 4.68. The Morgan fingerprint density at radius 2 is 1.73 bits per heavy atom. The van der Waals surface area contributed by atoms with Crippen LogP contribution in [0.25, 0.3) is 0 Å². The van der Waals surface area contributed by atoms with Gasteiger partial charge >= 0.3 is 0 Å². The lowest BCUT2D eigenvalue weighted by atomic mass is 10.1. The summed E-state index contributed by atoms with van der Waals surface area (Å²) in [7, 11) is -2.30. The standard InChI is InChI=1S/C24H25ClN2O5S/c1-16-9-11-23(31-3)21(13-16)26-24(28)15-32-22-12-10-19(14-20(22)25)33(29,30)27-17(2)18-7-5-4-6-8-18/h4-14,17,27H,15H2,1-3H3,(H,26,28)/t17-/m0/s1. The number of carbonyl (C=O) groups excluding carboxylic acids is 1. The number of aryl methyl sites for hydroxylation is 1. The summed E-state index contributed by atoms with van der Waals surface area (Å²) in [5.41, 5.74) is 2.32. The number of amides is 1. The molecular weight excluding hydrogens is 464 g/mol. The number of hydrogen-bond acceptors (Lipinski definition) is 5. The van der Waals surface area contributed by atoms with Crippen LogP contribution in [-0.2, 0) is 14.8 Å². The van der Waals surface area contributed by atoms with Gasteiger partial charge in [0.15, 0.2) is 6.61 Å². The molecule has 0 aromatic heterocycles. The molecule has 3 aromatic rings. The molecule has 9 heteroatoms. The van der Waals surface area contributed by atoms with Crippen LogP contribution < -0.4 is 19.5 Å². The molecule has 3 aromatic carbocycles. The van der Waals surface area contributed by atoms with E-state index in [9.17, 15) is 13.2 Å². The zero-order valence-corrected chi connectivity index (χ0v) is 20.0. The highest BCUT2D eigenvalue weighted by atomic mass is 35.5. The first-order valence-electron chi connectivity index (χ1n) is 10.1. The predicted molar refractivity (Wildman–Crippen MR) is 128 cm³/mol. The summed E-state index contributed by atoms with van der Waals surface area (Å²) in [5.74, 6) is 0.307. The average molecular weight is 489 g/mol. The number of carbonyl (C=O) groups is 1. The van der Waals surface area contributed by atoms with Gasteiger partial charge in [0.05, 0.1) is 22.7 Å². The third-order valence-corrected chi connectivity index (χ3v) is 6.67. The molecule has 0 radical (unpaired) electrons. The van der Waals surface area contributed by atoms with Crippen LogP contribution >= 0.6 is 11.6 Å². The van der Waals surface area contributed by atoms with Crippen LogP contribution in [0.1, 0.15) is 24.1 Å². The molecule has 3 rings (SSSR count). The second kappa shape index (κ2) is 10.7. The summed E-state index contributed by atoms with van der Waals surface area (Å²) >= 11 is 6.23. The summed E-state index contributed by atoms with van der Waals surface area (Å²) in [6.45, 7) is 3.34. The third-order valence-electron chi connectivity index (χ3n) is 4.83. The minimum atomic E-state index is -3.81. The molecule has 0 heterocycles. The second-order valence-corrected chi connectivity index (χ2v) is 9.51. The summed E-state index contributed by atoms with van der Waals surface area (Å²) in [4.78, 5) is 12.3. The highest BCUT2D eigenvalue weighted by molar-refractivity contribution is 7.89. The van der Waals surface area contributed by atoms with Crippen molar-refractivity contribution < 1.29 is 22.7 Å². The fourth-order valence-electron chi connectivity index (χ4n) is 3.13. The van der Waals surface area contributed by atoms with E-state index >= 15 is 0 Å². The number of ether oxygens (including phenoxy) is 2. The van der Waals surface area contributed by atoms with E-state index in [2.05, 4.69) is 10.0 Å². The van der Waals surface area contributed by atoms with E-state index in [-0.39, 0.29) is 22.3 Å². The number of hydrogen-bond donors (Lipinski definition) is 2. The van der Waals surface area contributed by atoms with E-state index in [1.807, 2.05) is 43.3 Å². The Balaban J connectivity index is 1.64. The van der Waals surface area contributed by atoms with Gasteiger partial charge < -0.3 is 14.8 Å². The van der Waals surface area contributed by atoms with Gasteiger partial charge in [-0.15, -0.1) is 0 Å². The summed E-state index contributed by atoms with van der Waals surface area (Å²) in [6, 6.07) is 18.3. The molecule has 2 N–H and O–H groups in total. The van der Waals surface area contributed by atoms with Gasteiger partial charge in [-0.3, -0.25) is 4.79 Å². The van der Waals surface area contributed by atoms with Crippen molar-refractivity contribution in [2.45, 2.75) is 24.8 Å². The maximum absolute atomic E-state index is 12.8. The molecule has 1 atom stereocenters. The molecule has 0 spiro atoms. The van der Waals surface area contributed by atoms with Crippen LogP contribution in [0.3, 0.4) is 0 Å². The first kappa shape index (κ1) is 24.6. The highest BCUT2D eigenvalue weighted by Gasteiger charge is 2.20. The van der Waals surface area contributed by atoms with Crippen molar-refractivity contribution in [1.29, 1.82) is 0 Å². The van der Waals surface area contributed by atoms with Crippen LogP contribution in [0.2, 0.25) is 5.02 Å². The number of methoxy groups -OCH3 is 1. The van der Waals surface area contributed by atoms with Crippen LogP contribution in [0.4, 0.5) is 5.69 Å². The highest BCUT2D eigenvalue weighted by Crippen LogP contribution is 2.29. The van der Waals surface area contributed by atoms with E-state index < -0.39 is 22.0 Å². The van der Waals surface area contributed by atoms with Crippen molar-refractivity contribution in [2.24, 2.45) is 0 Å². The Morgan fingerprint density at radius 3 is 2.39 bits per heavy atom. The van der Waals surface area contributed by atoms with E-state index in [1.54, 1.807) is 19.1 Å². The molecule has 0 unspecified atom stereocenters. The van der Waals surface area contributed by atoms with Crippen LogP contribution in [0.5, 0.6) is 11.5 Å². The van der Waals surface area contributed by atoms with Crippen molar-refractivity contribution in [3.8, 4) is 11.5 Å². The number of rotatable bonds is 9. The normalized spacial score (nSPS) is 12.1. The molecule has 0 aliphatic heterocycles. The summed E-state index contributed by atoms with van der Waals surface area (Å²) in [5, 5.41) is 2.80. The van der Waals surface area contributed by atoms with Gasteiger partial charge in [-0.1, -0.05) is 48.0 Å². The van der Waals surface area contributed by atoms with Gasteiger partial charge in [0.2, 0.25) is 10.0 Å². The average Bonchev–Trinajstić information content (AvgIpc) is 2.78. The monoisotopic (exact) mass is 488 g/mol. The number of anilines is 1. The van der Waals surface area contributed by atoms with E-state index in [4.69, 9.17) is 21.1 Å². The van der Waals surface area contributed by atoms with Gasteiger partial charge in [-0.05, 0) is 55.3 Å². The molecule has 0 fully saturated rings. The number of sulfonamides is 1. The number of benzene rings is 3. The Hall–Kier alpha value is -3.07. The quantitative estimate of drug-likeness (QED) is 0.454. The van der Waals surface area contributed by atoms with Crippen molar-refractivity contribution in [3.05, 3.63) is 82.9 Å². The molecule has 0 saturated carbocycles. The van der Waals surface area contributed by atoms with Crippen LogP contribution in [0, 0.1) is 6.92 Å². The van der Waals surface area contributed by atoms with Crippen LogP contribution in [0.15, 0.2) is 71.6 Å². The SMILES string of the molecule is COc1ccc(C)cc1NC(=O)COc1ccc(S(=O)(=O)N[C@@H](C)c2ccccc2)cc1Cl. The van der Waals surface area contributed by atoms with Crippen molar-refractivity contribution >= 4 is 33.2 Å². The van der Waals surface area contributed by atoms with Gasteiger partial charge in [-0.25, -0.2) is 13.1 Å². The Bertz CT molecular complexity index is 1230. The van der Waals surface area contributed by atoms with Crippen molar-refractivity contribution in [3.63, 3.8) is 0 Å². The lowest BCUT2D eigenvalue weighted by molar-refractivity contribution is -0.118. The third kappa shape index (κ3) is 6.47. The second-order valence-electron chi connectivity index (χ2n) is 7.39. The molecule has 0 aliphatic rings. The Kier molecular flexibility index (Phi) is 7.97. The maximum atomic E-state index is 12.8. The van der Waals surface area contributed by atoms with Gasteiger partial charge in [-0.2, -0.15) is 0 Å². The smallest absolute Gasteiger partial charge is 0.262 e. The predicted octanol–water partition coefficient (Wildman–Crippen LogP) is 4.71.